The average Bonchev–Trinajstić information content (AvgIpc) is 2.84. The second-order valence-electron chi connectivity index (χ2n) is 7.74. The molecule has 32 heavy (non-hydrogen) atoms. The van der Waals surface area contributed by atoms with E-state index in [4.69, 9.17) is 14.2 Å². The highest BCUT2D eigenvalue weighted by molar-refractivity contribution is 5.97. The topological polar surface area (TPSA) is 89.1 Å². The largest absolute Gasteiger partial charge is 0.493 e. The maximum atomic E-state index is 12.5. The molecule has 0 bridgehead atoms. The number of methoxy groups -OCH3 is 3. The third-order valence-corrected chi connectivity index (χ3v) is 5.71. The maximum absolute atomic E-state index is 12.5. The summed E-state index contributed by atoms with van der Waals surface area (Å²) in [7, 11) is 4.46. The van der Waals surface area contributed by atoms with Gasteiger partial charge < -0.3 is 24.8 Å². The van der Waals surface area contributed by atoms with Crippen molar-refractivity contribution in [2.75, 3.05) is 41.0 Å². The van der Waals surface area contributed by atoms with Crippen LogP contribution in [-0.4, -0.2) is 63.7 Å². The van der Waals surface area contributed by atoms with Crippen LogP contribution in [0.5, 0.6) is 17.2 Å². The molecule has 0 aliphatic carbocycles. The van der Waals surface area contributed by atoms with E-state index in [-0.39, 0.29) is 18.5 Å². The Morgan fingerprint density at radius 3 is 2.28 bits per heavy atom. The molecule has 1 heterocycles. The van der Waals surface area contributed by atoms with E-state index >= 15 is 0 Å². The van der Waals surface area contributed by atoms with Gasteiger partial charge in [-0.3, -0.25) is 14.5 Å². The van der Waals surface area contributed by atoms with Gasteiger partial charge in [-0.05, 0) is 36.6 Å². The fraction of sp³-hybridized carbons (Fsp3) is 0.417. The molecular formula is C24H31N3O5. The zero-order valence-electron chi connectivity index (χ0n) is 19.1. The van der Waals surface area contributed by atoms with Crippen molar-refractivity contribution in [3.8, 4) is 17.2 Å². The maximum Gasteiger partial charge on any atom is 0.251 e. The molecule has 1 atom stereocenters. The predicted octanol–water partition coefficient (Wildman–Crippen LogP) is 2.01. The van der Waals surface area contributed by atoms with Crippen molar-refractivity contribution in [3.63, 3.8) is 0 Å². The highest BCUT2D eigenvalue weighted by Crippen LogP contribution is 2.38. The molecule has 2 aromatic rings. The minimum absolute atomic E-state index is 0.120. The van der Waals surface area contributed by atoms with Gasteiger partial charge in [-0.1, -0.05) is 24.3 Å². The SMILES string of the molecule is COc1cc(C(=O)NCC(=O)NCC(C)N2CCc3ccccc3C2)cc(OC)c1OC. The van der Waals surface area contributed by atoms with Crippen molar-refractivity contribution in [1.29, 1.82) is 0 Å². The number of hydrogen-bond acceptors (Lipinski definition) is 6. The van der Waals surface area contributed by atoms with E-state index < -0.39 is 5.91 Å². The number of carbonyl (C=O) groups is 2. The lowest BCUT2D eigenvalue weighted by Crippen LogP contribution is -2.46. The van der Waals surface area contributed by atoms with E-state index in [2.05, 4.69) is 46.7 Å². The number of nitrogens with one attached hydrogen (secondary N) is 2. The number of amides is 2. The Morgan fingerprint density at radius 1 is 1.00 bits per heavy atom. The Morgan fingerprint density at radius 2 is 1.66 bits per heavy atom. The molecule has 1 aliphatic heterocycles. The Labute approximate surface area is 188 Å². The van der Waals surface area contributed by atoms with E-state index in [1.165, 1.54) is 32.5 Å². The van der Waals surface area contributed by atoms with Crippen LogP contribution < -0.4 is 24.8 Å². The van der Waals surface area contributed by atoms with Crippen molar-refractivity contribution < 1.29 is 23.8 Å². The van der Waals surface area contributed by atoms with E-state index in [0.717, 1.165) is 19.5 Å². The first-order valence-corrected chi connectivity index (χ1v) is 10.6. The molecule has 8 nitrogen and oxygen atoms in total. The van der Waals surface area contributed by atoms with E-state index in [1.54, 1.807) is 12.1 Å². The molecule has 1 unspecified atom stereocenters. The number of nitrogens with zero attached hydrogens (tertiary/aromatic N) is 1. The number of ether oxygens (including phenoxy) is 3. The average molecular weight is 442 g/mol. The van der Waals surface area contributed by atoms with Crippen LogP contribution in [0.15, 0.2) is 36.4 Å². The summed E-state index contributed by atoms with van der Waals surface area (Å²) >= 11 is 0. The molecule has 3 rings (SSSR count). The minimum atomic E-state index is -0.403. The van der Waals surface area contributed by atoms with Gasteiger partial charge in [0.05, 0.1) is 27.9 Å². The summed E-state index contributed by atoms with van der Waals surface area (Å²) in [5, 5.41) is 5.55. The van der Waals surface area contributed by atoms with Crippen LogP contribution in [-0.2, 0) is 17.8 Å². The lowest BCUT2D eigenvalue weighted by molar-refractivity contribution is -0.120. The zero-order chi connectivity index (χ0) is 23.1. The molecule has 0 spiro atoms. The molecule has 1 aliphatic rings. The standard InChI is InChI=1S/C24H31N3O5/c1-16(27-10-9-17-7-5-6-8-18(17)15-27)13-25-22(28)14-26-24(29)19-11-20(30-2)23(32-4)21(12-19)31-3/h5-8,11-12,16H,9-10,13-15H2,1-4H3,(H,25,28)(H,26,29). The fourth-order valence-corrected chi connectivity index (χ4v) is 3.82. The van der Waals surface area contributed by atoms with E-state index in [0.29, 0.717) is 29.4 Å². The molecule has 0 radical (unpaired) electrons. The molecule has 0 fully saturated rings. The van der Waals surface area contributed by atoms with E-state index in [9.17, 15) is 9.59 Å². The fourth-order valence-electron chi connectivity index (χ4n) is 3.82. The summed E-state index contributed by atoms with van der Waals surface area (Å²) in [5.41, 5.74) is 3.05. The van der Waals surface area contributed by atoms with Crippen molar-refractivity contribution in [3.05, 3.63) is 53.1 Å². The Hall–Kier alpha value is -3.26. The Balaban J connectivity index is 1.49. The van der Waals surface area contributed by atoms with Crippen molar-refractivity contribution in [1.82, 2.24) is 15.5 Å². The molecule has 2 amide bonds. The summed E-state index contributed by atoms with van der Waals surface area (Å²) in [4.78, 5) is 27.2. The first kappa shape index (κ1) is 23.4. The van der Waals surface area contributed by atoms with Gasteiger partial charge in [0, 0.05) is 31.2 Å². The van der Waals surface area contributed by atoms with Crippen LogP contribution in [0, 0.1) is 0 Å². The normalized spacial score (nSPS) is 14.1. The molecule has 172 valence electrons. The van der Waals surface area contributed by atoms with Gasteiger partial charge in [0.15, 0.2) is 11.5 Å². The first-order valence-electron chi connectivity index (χ1n) is 10.6. The number of rotatable bonds is 9. The summed E-state index contributed by atoms with van der Waals surface area (Å²) in [5.74, 6) is 0.505. The highest BCUT2D eigenvalue weighted by Gasteiger charge is 2.21. The van der Waals surface area contributed by atoms with Crippen LogP contribution in [0.4, 0.5) is 0 Å². The van der Waals surface area contributed by atoms with Crippen LogP contribution in [0.1, 0.15) is 28.4 Å². The molecule has 0 aromatic heterocycles. The molecule has 8 heteroatoms. The van der Waals surface area contributed by atoms with Gasteiger partial charge >= 0.3 is 0 Å². The van der Waals surface area contributed by atoms with E-state index in [1.807, 2.05) is 0 Å². The molecule has 2 aromatic carbocycles. The Kier molecular flexibility index (Phi) is 7.94. The van der Waals surface area contributed by atoms with Crippen molar-refractivity contribution in [2.45, 2.75) is 25.9 Å². The molecule has 0 saturated carbocycles. The molecular weight excluding hydrogens is 410 g/mol. The predicted molar refractivity (Wildman–Crippen MR) is 121 cm³/mol. The minimum Gasteiger partial charge on any atom is -0.493 e. The smallest absolute Gasteiger partial charge is 0.251 e. The first-order chi connectivity index (χ1) is 15.5. The van der Waals surface area contributed by atoms with Gasteiger partial charge in [-0.2, -0.15) is 0 Å². The summed E-state index contributed by atoms with van der Waals surface area (Å²) in [6.07, 6.45) is 1.01. The second kappa shape index (κ2) is 10.9. The summed E-state index contributed by atoms with van der Waals surface area (Å²) in [6.45, 7) is 4.34. The van der Waals surface area contributed by atoms with Crippen molar-refractivity contribution in [2.24, 2.45) is 0 Å². The monoisotopic (exact) mass is 441 g/mol. The lowest BCUT2D eigenvalue weighted by atomic mass is 9.99. The van der Waals surface area contributed by atoms with Gasteiger partial charge in [0.2, 0.25) is 11.7 Å². The van der Waals surface area contributed by atoms with Gasteiger partial charge in [-0.15, -0.1) is 0 Å². The number of benzene rings is 2. The number of carbonyl (C=O) groups excluding carboxylic acids is 2. The quantitative estimate of drug-likeness (QED) is 0.619. The van der Waals surface area contributed by atoms with Crippen LogP contribution in [0.3, 0.4) is 0 Å². The summed E-state index contributed by atoms with van der Waals surface area (Å²) in [6, 6.07) is 11.8. The third kappa shape index (κ3) is 5.50. The van der Waals surface area contributed by atoms with Gasteiger partial charge in [0.1, 0.15) is 0 Å². The Bertz CT molecular complexity index is 937. The third-order valence-electron chi connectivity index (χ3n) is 5.71. The molecule has 2 N–H and O–H groups in total. The summed E-state index contributed by atoms with van der Waals surface area (Å²) < 4.78 is 15.8. The van der Waals surface area contributed by atoms with Gasteiger partial charge in [-0.25, -0.2) is 0 Å². The zero-order valence-corrected chi connectivity index (χ0v) is 19.1. The highest BCUT2D eigenvalue weighted by atomic mass is 16.5. The van der Waals surface area contributed by atoms with Crippen molar-refractivity contribution >= 4 is 11.8 Å². The number of hydrogen-bond donors (Lipinski definition) is 2. The van der Waals surface area contributed by atoms with Crippen LogP contribution >= 0.6 is 0 Å². The van der Waals surface area contributed by atoms with Gasteiger partial charge in [0.25, 0.3) is 5.91 Å². The lowest BCUT2D eigenvalue weighted by Gasteiger charge is -2.33. The van der Waals surface area contributed by atoms with Crippen LogP contribution in [0.25, 0.3) is 0 Å². The number of fused-ring (bicyclic) bond motifs is 1. The van der Waals surface area contributed by atoms with Crippen LogP contribution in [0.2, 0.25) is 0 Å². The molecule has 0 saturated heterocycles. The second-order valence-corrected chi connectivity index (χ2v) is 7.74.